The molecule has 0 bridgehead atoms. The molecule has 0 spiro atoms. The number of thiophene rings is 1. The second-order valence-electron chi connectivity index (χ2n) is 6.89. The van der Waals surface area contributed by atoms with Crippen molar-refractivity contribution >= 4 is 55.7 Å². The first-order chi connectivity index (χ1) is 14.2. The summed E-state index contributed by atoms with van der Waals surface area (Å²) in [6.45, 7) is 1.93. The predicted octanol–water partition coefficient (Wildman–Crippen LogP) is 4.01. The van der Waals surface area contributed by atoms with E-state index < -0.39 is 21.4 Å². The fraction of sp³-hybridized carbons (Fsp3) is 0.143. The van der Waals surface area contributed by atoms with Crippen LogP contribution in [0.25, 0.3) is 0 Å². The molecule has 0 N–H and O–H groups in total. The Bertz CT molecular complexity index is 1310. The molecule has 3 aromatic rings. The van der Waals surface area contributed by atoms with Crippen LogP contribution in [0.5, 0.6) is 0 Å². The van der Waals surface area contributed by atoms with Gasteiger partial charge < -0.3 is 0 Å². The van der Waals surface area contributed by atoms with Crippen molar-refractivity contribution in [3.8, 4) is 0 Å². The van der Waals surface area contributed by atoms with Crippen molar-refractivity contribution in [3.05, 3.63) is 75.4 Å². The summed E-state index contributed by atoms with van der Waals surface area (Å²) in [4.78, 5) is 33.5. The Morgan fingerprint density at radius 1 is 1.13 bits per heavy atom. The lowest BCUT2D eigenvalue weighted by molar-refractivity contribution is -0.116. The zero-order valence-corrected chi connectivity index (χ0v) is 18.1. The van der Waals surface area contributed by atoms with Crippen molar-refractivity contribution in [1.29, 1.82) is 0 Å². The molecule has 0 atom stereocenters. The van der Waals surface area contributed by atoms with E-state index in [1.165, 1.54) is 18.3 Å². The van der Waals surface area contributed by atoms with Gasteiger partial charge in [0.25, 0.3) is 0 Å². The number of halogens is 1. The molecule has 0 radical (unpaired) electrons. The van der Waals surface area contributed by atoms with Crippen LogP contribution in [0.15, 0.2) is 57.9 Å². The van der Waals surface area contributed by atoms with E-state index in [9.17, 15) is 18.0 Å². The lowest BCUT2D eigenvalue weighted by atomic mass is 10.0. The minimum absolute atomic E-state index is 0.0712. The third kappa shape index (κ3) is 4.12. The van der Waals surface area contributed by atoms with Crippen molar-refractivity contribution in [2.75, 3.05) is 5.75 Å². The van der Waals surface area contributed by atoms with Gasteiger partial charge >= 0.3 is 0 Å². The number of Topliss-reactive ketones (excluding diaryl/α,β-unsaturated/α-hetero) is 2. The van der Waals surface area contributed by atoms with Crippen LogP contribution in [0.4, 0.5) is 5.69 Å². The molecule has 0 unspecified atom stereocenters. The Kier molecular flexibility index (Phi) is 5.40. The van der Waals surface area contributed by atoms with E-state index >= 15 is 0 Å². The number of hydrogen-bond acceptors (Lipinski definition) is 7. The molecule has 1 aromatic carbocycles. The number of aryl methyl sites for hydroxylation is 1. The first-order valence-electron chi connectivity index (χ1n) is 8.92. The molecule has 3 heterocycles. The number of ketones is 2. The Morgan fingerprint density at radius 2 is 1.93 bits per heavy atom. The normalized spacial score (nSPS) is 13.3. The van der Waals surface area contributed by atoms with Crippen molar-refractivity contribution < 1.29 is 18.0 Å². The van der Waals surface area contributed by atoms with E-state index in [0.29, 0.717) is 26.8 Å². The second-order valence-corrected chi connectivity index (χ2v) is 10.8. The van der Waals surface area contributed by atoms with Crippen LogP contribution >= 0.6 is 22.9 Å². The molecule has 1 aliphatic heterocycles. The Hall–Kier alpha value is -2.68. The van der Waals surface area contributed by atoms with E-state index in [-0.39, 0.29) is 22.1 Å². The van der Waals surface area contributed by atoms with Gasteiger partial charge in [-0.1, -0.05) is 23.7 Å². The first kappa shape index (κ1) is 20.6. The number of pyridine rings is 1. The van der Waals surface area contributed by atoms with E-state index in [0.717, 1.165) is 16.9 Å². The van der Waals surface area contributed by atoms with Gasteiger partial charge in [-0.2, -0.15) is 0 Å². The summed E-state index contributed by atoms with van der Waals surface area (Å²) in [7, 11) is -3.72. The summed E-state index contributed by atoms with van der Waals surface area (Å²) in [6, 6.07) is 11.6. The largest absolute Gasteiger partial charge is 0.298 e. The molecule has 0 saturated carbocycles. The lowest BCUT2D eigenvalue weighted by Crippen LogP contribution is -2.18. The monoisotopic (exact) mass is 458 g/mol. The van der Waals surface area contributed by atoms with Gasteiger partial charge in [0.2, 0.25) is 5.78 Å². The van der Waals surface area contributed by atoms with E-state index in [4.69, 9.17) is 11.6 Å². The number of carbonyl (C=O) groups excluding carboxylic acids is 2. The maximum absolute atomic E-state index is 12.6. The number of nitrogens with zero attached hydrogens (tertiary/aromatic N) is 2. The molecule has 1 aliphatic rings. The highest BCUT2D eigenvalue weighted by molar-refractivity contribution is 7.94. The third-order valence-corrected chi connectivity index (χ3v) is 8.01. The quantitative estimate of drug-likeness (QED) is 0.556. The highest BCUT2D eigenvalue weighted by Gasteiger charge is 2.27. The van der Waals surface area contributed by atoms with Crippen LogP contribution in [-0.2, 0) is 21.1 Å². The number of carbonyl (C=O) groups is 2. The highest BCUT2D eigenvalue weighted by atomic mass is 35.5. The van der Waals surface area contributed by atoms with Crippen molar-refractivity contribution in [3.63, 3.8) is 0 Å². The minimum atomic E-state index is -3.72. The van der Waals surface area contributed by atoms with Gasteiger partial charge in [0.15, 0.2) is 15.6 Å². The molecular weight excluding hydrogens is 444 g/mol. The van der Waals surface area contributed by atoms with E-state index in [1.807, 2.05) is 19.1 Å². The molecular formula is C21H15ClN2O4S2. The van der Waals surface area contributed by atoms with Gasteiger partial charge in [-0.3, -0.25) is 14.6 Å². The van der Waals surface area contributed by atoms with Crippen LogP contribution in [0.2, 0.25) is 4.34 Å². The zero-order valence-electron chi connectivity index (χ0n) is 15.8. The highest BCUT2D eigenvalue weighted by Crippen LogP contribution is 2.29. The van der Waals surface area contributed by atoms with Crippen LogP contribution in [0.3, 0.4) is 0 Å². The van der Waals surface area contributed by atoms with Gasteiger partial charge in [-0.25, -0.2) is 13.4 Å². The molecule has 2 aromatic heterocycles. The average Bonchev–Trinajstić information content (AvgIpc) is 3.26. The summed E-state index contributed by atoms with van der Waals surface area (Å²) in [5.41, 5.74) is 3.39. The number of aliphatic imine (C=N–C) groups is 1. The van der Waals surface area contributed by atoms with Crippen LogP contribution in [0.1, 0.15) is 27.2 Å². The summed E-state index contributed by atoms with van der Waals surface area (Å²) >= 11 is 6.70. The molecule has 152 valence electrons. The molecule has 4 rings (SSSR count). The van der Waals surface area contributed by atoms with Crippen molar-refractivity contribution in [1.82, 2.24) is 4.98 Å². The number of fused-ring (bicyclic) bond motifs is 1. The number of aromatic nitrogens is 1. The summed E-state index contributed by atoms with van der Waals surface area (Å²) < 4.78 is 25.0. The lowest BCUT2D eigenvalue weighted by Gasteiger charge is -2.04. The molecule has 30 heavy (non-hydrogen) atoms. The van der Waals surface area contributed by atoms with Gasteiger partial charge in [0, 0.05) is 18.2 Å². The first-order valence-corrected chi connectivity index (χ1v) is 11.8. The Balaban J connectivity index is 1.46. The van der Waals surface area contributed by atoms with Crippen LogP contribution in [0, 0.1) is 6.92 Å². The zero-order chi connectivity index (χ0) is 21.5. The maximum Gasteiger partial charge on any atom is 0.215 e. The van der Waals surface area contributed by atoms with Crippen LogP contribution in [-0.4, -0.2) is 36.4 Å². The average molecular weight is 459 g/mol. The number of benzene rings is 1. The summed E-state index contributed by atoms with van der Waals surface area (Å²) in [5.74, 6) is -1.25. The molecule has 0 saturated heterocycles. The van der Waals surface area contributed by atoms with Gasteiger partial charge in [0.05, 0.1) is 15.7 Å². The molecule has 0 amide bonds. The fourth-order valence-corrected chi connectivity index (χ4v) is 5.91. The molecule has 0 fully saturated rings. The smallest absolute Gasteiger partial charge is 0.215 e. The predicted molar refractivity (Wildman–Crippen MR) is 116 cm³/mol. The number of rotatable bonds is 6. The fourth-order valence-electron chi connectivity index (χ4n) is 3.09. The summed E-state index contributed by atoms with van der Waals surface area (Å²) in [6.07, 6.45) is 1.39. The Labute approximate surface area is 182 Å². The molecule has 9 heteroatoms. The number of hydrogen-bond donors (Lipinski definition) is 0. The van der Waals surface area contributed by atoms with Crippen molar-refractivity contribution in [2.45, 2.75) is 17.6 Å². The van der Waals surface area contributed by atoms with Gasteiger partial charge in [-0.15, -0.1) is 11.3 Å². The van der Waals surface area contributed by atoms with Gasteiger partial charge in [0.1, 0.15) is 15.7 Å². The molecule has 6 nitrogen and oxygen atoms in total. The van der Waals surface area contributed by atoms with Gasteiger partial charge in [-0.05, 0) is 48.4 Å². The van der Waals surface area contributed by atoms with E-state index in [2.05, 4.69) is 9.98 Å². The second kappa shape index (κ2) is 7.86. The minimum Gasteiger partial charge on any atom is -0.298 e. The SMILES string of the molecule is Cc1ccc2c(c1)N=C(c1ccc(CC(=O)CS(=O)(=O)c3ccc(Cl)s3)cn1)C2=O. The standard InChI is InChI=1S/C21H15ClN2O4S2/c1-12-2-4-15-17(8-12)24-20(21(15)26)16-5-3-13(10-23-16)9-14(25)11-30(27,28)19-7-6-18(22)29-19/h2-8,10H,9,11H2,1H3. The van der Waals surface area contributed by atoms with Crippen molar-refractivity contribution in [2.24, 2.45) is 4.99 Å². The van der Waals surface area contributed by atoms with E-state index in [1.54, 1.807) is 18.2 Å². The topological polar surface area (TPSA) is 93.5 Å². The molecule has 0 aliphatic carbocycles. The number of sulfone groups is 1. The summed E-state index contributed by atoms with van der Waals surface area (Å²) in [5, 5.41) is 0. The third-order valence-electron chi connectivity index (χ3n) is 4.52. The maximum atomic E-state index is 12.6. The Morgan fingerprint density at radius 3 is 2.60 bits per heavy atom. The van der Waals surface area contributed by atoms with Crippen LogP contribution < -0.4 is 0 Å².